The van der Waals surface area contributed by atoms with Crippen LogP contribution < -0.4 is 4.74 Å². The lowest BCUT2D eigenvalue weighted by molar-refractivity contribution is -0.133. The minimum absolute atomic E-state index is 0.000453. The Morgan fingerprint density at radius 2 is 1.43 bits per heavy atom. The van der Waals surface area contributed by atoms with Crippen molar-refractivity contribution in [3.63, 3.8) is 0 Å². The molecule has 7 heteroatoms. The number of carbonyl (C=O) groups is 1. The van der Waals surface area contributed by atoms with Crippen molar-refractivity contribution >= 4 is 14.3 Å². The van der Waals surface area contributed by atoms with Gasteiger partial charge in [-0.3, -0.25) is 4.79 Å². The first kappa shape index (κ1) is 34.2. The second-order valence-corrected chi connectivity index (χ2v) is 16.0. The van der Waals surface area contributed by atoms with Gasteiger partial charge in [-0.25, -0.2) is 0 Å². The Hall–Kier alpha value is -2.03. The molecular weight excluding hydrogens is 520 g/mol. The van der Waals surface area contributed by atoms with Crippen LogP contribution in [-0.2, 0) is 31.6 Å². The minimum atomic E-state index is -2.69. The highest BCUT2D eigenvalue weighted by Crippen LogP contribution is 2.38. The fourth-order valence-electron chi connectivity index (χ4n) is 5.33. The number of carbonyl (C=O) groups excluding carboxylic acids is 1. The van der Waals surface area contributed by atoms with Gasteiger partial charge in [-0.15, -0.1) is 0 Å². The Bertz CT molecular complexity index is 986. The molecule has 224 valence electrons. The van der Waals surface area contributed by atoms with E-state index < -0.39 is 20.6 Å². The van der Waals surface area contributed by atoms with Crippen LogP contribution in [0.1, 0.15) is 72.9 Å². The highest BCUT2D eigenvalue weighted by molar-refractivity contribution is 6.70. The van der Waals surface area contributed by atoms with Gasteiger partial charge in [0, 0.05) is 17.8 Å². The lowest BCUT2D eigenvalue weighted by Gasteiger charge is -2.43. The van der Waals surface area contributed by atoms with Crippen LogP contribution >= 0.6 is 0 Å². The van der Waals surface area contributed by atoms with Gasteiger partial charge in [0.1, 0.15) is 11.5 Å². The second-order valence-electron chi connectivity index (χ2n) is 11.7. The average molecular weight is 573 g/mol. The SMILES string of the molecule is CCC(O[Si](OCc1ccccc1)(C(C)C)C(C)C)[C@H](C)[C@@H](O)[C@@H](C)C(=O)[C@H](C)COCc1ccc(OC)cc1. The zero-order chi connectivity index (χ0) is 29.9. The summed E-state index contributed by atoms with van der Waals surface area (Å²) >= 11 is 0. The molecule has 0 radical (unpaired) electrons. The summed E-state index contributed by atoms with van der Waals surface area (Å²) in [4.78, 5) is 13.3. The summed E-state index contributed by atoms with van der Waals surface area (Å²) in [5.74, 6) is -0.304. The maximum Gasteiger partial charge on any atom is 0.343 e. The molecule has 0 aliphatic heterocycles. The van der Waals surface area contributed by atoms with Crippen LogP contribution in [0.2, 0.25) is 11.1 Å². The van der Waals surface area contributed by atoms with E-state index in [1.165, 1.54) is 0 Å². The lowest BCUT2D eigenvalue weighted by Crippen LogP contribution is -2.53. The number of aliphatic hydroxyl groups is 1. The van der Waals surface area contributed by atoms with Crippen molar-refractivity contribution < 1.29 is 28.2 Å². The van der Waals surface area contributed by atoms with Crippen molar-refractivity contribution in [3.05, 3.63) is 65.7 Å². The van der Waals surface area contributed by atoms with Gasteiger partial charge < -0.3 is 23.4 Å². The zero-order valence-electron chi connectivity index (χ0n) is 26.1. The summed E-state index contributed by atoms with van der Waals surface area (Å²) in [5.41, 5.74) is 2.57. The number of benzene rings is 2. The molecule has 40 heavy (non-hydrogen) atoms. The highest BCUT2D eigenvalue weighted by Gasteiger charge is 2.48. The van der Waals surface area contributed by atoms with Crippen LogP contribution in [0.25, 0.3) is 0 Å². The Morgan fingerprint density at radius 1 is 0.850 bits per heavy atom. The number of methoxy groups -OCH3 is 1. The van der Waals surface area contributed by atoms with E-state index in [0.717, 1.165) is 23.3 Å². The topological polar surface area (TPSA) is 74.2 Å². The van der Waals surface area contributed by atoms with Gasteiger partial charge in [0.05, 0.1) is 39.1 Å². The van der Waals surface area contributed by atoms with Gasteiger partial charge in [-0.2, -0.15) is 0 Å². The quantitative estimate of drug-likeness (QED) is 0.189. The maximum absolute atomic E-state index is 13.3. The Balaban J connectivity index is 2.03. The van der Waals surface area contributed by atoms with Crippen molar-refractivity contribution in [3.8, 4) is 5.75 Å². The van der Waals surface area contributed by atoms with Gasteiger partial charge in [-0.05, 0) is 40.8 Å². The molecule has 0 fully saturated rings. The van der Waals surface area contributed by atoms with E-state index in [2.05, 4.69) is 46.8 Å². The van der Waals surface area contributed by atoms with Crippen LogP contribution in [0, 0.1) is 17.8 Å². The summed E-state index contributed by atoms with van der Waals surface area (Å²) in [6, 6.07) is 17.9. The summed E-state index contributed by atoms with van der Waals surface area (Å²) in [7, 11) is -1.05. The zero-order valence-corrected chi connectivity index (χ0v) is 27.1. The lowest BCUT2D eigenvalue weighted by atomic mass is 9.83. The van der Waals surface area contributed by atoms with Gasteiger partial charge in [0.25, 0.3) is 0 Å². The first-order valence-corrected chi connectivity index (χ1v) is 16.7. The van der Waals surface area contributed by atoms with E-state index in [1.807, 2.05) is 63.2 Å². The summed E-state index contributed by atoms with van der Waals surface area (Å²) in [6.07, 6.45) is -0.330. The van der Waals surface area contributed by atoms with E-state index in [0.29, 0.717) is 19.8 Å². The van der Waals surface area contributed by atoms with Gasteiger partial charge in [0.2, 0.25) is 0 Å². The predicted octanol–water partition coefficient (Wildman–Crippen LogP) is 7.32. The first-order chi connectivity index (χ1) is 19.0. The van der Waals surface area contributed by atoms with E-state index in [-0.39, 0.29) is 34.8 Å². The standard InChI is InChI=1S/C33H52O6Si/c1-10-31(39-40(23(2)3,24(4)5)38-22-28-14-12-11-13-15-28)26(7)33(35)27(8)32(34)25(6)20-37-21-29-16-18-30(36-9)19-17-29/h11-19,23-27,31,33,35H,10,20-22H2,1-9H3/t25-,26+,27+,31?,33-/m1/s1. The van der Waals surface area contributed by atoms with Crippen LogP contribution in [0.3, 0.4) is 0 Å². The van der Waals surface area contributed by atoms with Gasteiger partial charge in [-0.1, -0.05) is 97.9 Å². The van der Waals surface area contributed by atoms with Crippen molar-refractivity contribution in [2.45, 2.75) is 98.3 Å². The molecule has 2 aromatic carbocycles. The second kappa shape index (κ2) is 16.4. The summed E-state index contributed by atoms with van der Waals surface area (Å²) in [5, 5.41) is 11.4. The van der Waals surface area contributed by atoms with E-state index in [9.17, 15) is 9.90 Å². The molecule has 0 aliphatic rings. The molecule has 0 heterocycles. The average Bonchev–Trinajstić information content (AvgIpc) is 2.96. The van der Waals surface area contributed by atoms with E-state index >= 15 is 0 Å². The number of aliphatic hydroxyl groups excluding tert-OH is 1. The van der Waals surface area contributed by atoms with Crippen LogP contribution in [0.4, 0.5) is 0 Å². The van der Waals surface area contributed by atoms with Crippen LogP contribution in [0.15, 0.2) is 54.6 Å². The smallest absolute Gasteiger partial charge is 0.343 e. The number of rotatable bonds is 18. The van der Waals surface area contributed by atoms with Crippen LogP contribution in [0.5, 0.6) is 5.75 Å². The van der Waals surface area contributed by atoms with Crippen molar-refractivity contribution in [2.24, 2.45) is 17.8 Å². The first-order valence-electron chi connectivity index (χ1n) is 14.7. The molecule has 0 saturated heterocycles. The Labute approximate surface area is 243 Å². The largest absolute Gasteiger partial charge is 0.497 e. The number of ketones is 1. The molecule has 0 aliphatic carbocycles. The number of Topliss-reactive ketones (excluding diaryl/α,β-unsaturated/α-hetero) is 1. The fraction of sp³-hybridized carbons (Fsp3) is 0.606. The van der Waals surface area contributed by atoms with E-state index in [1.54, 1.807) is 7.11 Å². The minimum Gasteiger partial charge on any atom is -0.497 e. The highest BCUT2D eigenvalue weighted by atomic mass is 28.4. The molecule has 0 amide bonds. The molecule has 2 rings (SSSR count). The summed E-state index contributed by atoms with van der Waals surface area (Å²) < 4.78 is 24.7. The number of ether oxygens (including phenoxy) is 2. The molecule has 0 saturated carbocycles. The molecule has 6 nitrogen and oxygen atoms in total. The third-order valence-corrected chi connectivity index (χ3v) is 12.5. The van der Waals surface area contributed by atoms with E-state index in [4.69, 9.17) is 18.3 Å². The maximum atomic E-state index is 13.3. The molecule has 1 unspecified atom stereocenters. The number of hydrogen-bond donors (Lipinski definition) is 1. The van der Waals surface area contributed by atoms with Gasteiger partial charge >= 0.3 is 8.56 Å². The van der Waals surface area contributed by atoms with Crippen molar-refractivity contribution in [1.29, 1.82) is 0 Å². The molecular formula is C33H52O6Si. The predicted molar refractivity (Wildman–Crippen MR) is 164 cm³/mol. The molecule has 5 atom stereocenters. The Morgan fingerprint density at radius 3 is 1.95 bits per heavy atom. The van der Waals surface area contributed by atoms with Crippen molar-refractivity contribution in [2.75, 3.05) is 13.7 Å². The van der Waals surface area contributed by atoms with Crippen LogP contribution in [-0.4, -0.2) is 45.4 Å². The van der Waals surface area contributed by atoms with Crippen molar-refractivity contribution in [1.82, 2.24) is 0 Å². The number of hydrogen-bond acceptors (Lipinski definition) is 6. The third-order valence-electron chi connectivity index (χ3n) is 8.02. The fourth-order valence-corrected chi connectivity index (χ4v) is 9.18. The monoisotopic (exact) mass is 572 g/mol. The molecule has 0 aromatic heterocycles. The molecule has 0 spiro atoms. The summed E-state index contributed by atoms with van der Waals surface area (Å²) in [6.45, 7) is 17.7. The Kier molecular flexibility index (Phi) is 14.0. The molecule has 1 N–H and O–H groups in total. The molecule has 0 bridgehead atoms. The van der Waals surface area contributed by atoms with Gasteiger partial charge in [0.15, 0.2) is 0 Å². The molecule has 2 aromatic rings. The third kappa shape index (κ3) is 9.25. The normalized spacial score (nSPS) is 16.0.